The van der Waals surface area contributed by atoms with Gasteiger partial charge in [0.15, 0.2) is 0 Å². The van der Waals surface area contributed by atoms with Gasteiger partial charge in [-0.15, -0.1) is 0 Å². The molecule has 1 aromatic rings. The van der Waals surface area contributed by atoms with E-state index in [1.807, 2.05) is 46.7 Å². The molecule has 0 aromatic heterocycles. The number of carbonyl (C=O) groups is 3. The Balaban J connectivity index is 2.39. The third-order valence-electron chi connectivity index (χ3n) is 7.56. The predicted octanol–water partition coefficient (Wildman–Crippen LogP) is 3.81. The number of carbonyl (C=O) groups excluding carboxylic acids is 3. The molecular formula is C32H55N5O6. The van der Waals surface area contributed by atoms with E-state index in [1.165, 1.54) is 0 Å². The van der Waals surface area contributed by atoms with Gasteiger partial charge in [0.2, 0.25) is 5.91 Å². The SMILES string of the molecule is CC(C)NC(=O)N(C)C[C@H]1OCCCC[C@H](C)Oc2ccc(NC(=O)CCCN(C)C)cc2C(=O)N([C@H](C)CO)C[C@@H]1C. The number of ether oxygens (including phenoxy) is 2. The van der Waals surface area contributed by atoms with Crippen LogP contribution in [-0.4, -0.2) is 116 Å². The van der Waals surface area contributed by atoms with Gasteiger partial charge in [0, 0.05) is 50.8 Å². The maximum Gasteiger partial charge on any atom is 0.317 e. The fourth-order valence-electron chi connectivity index (χ4n) is 4.95. The van der Waals surface area contributed by atoms with Gasteiger partial charge in [-0.25, -0.2) is 4.79 Å². The summed E-state index contributed by atoms with van der Waals surface area (Å²) >= 11 is 0. The number of fused-ring (bicyclic) bond motifs is 1. The van der Waals surface area contributed by atoms with Crippen molar-refractivity contribution >= 4 is 23.5 Å². The number of likely N-dealkylation sites (N-methyl/N-ethyl adjacent to an activating group) is 1. The van der Waals surface area contributed by atoms with Crippen molar-refractivity contribution in [2.75, 3.05) is 59.3 Å². The average Bonchev–Trinajstić information content (AvgIpc) is 2.93. The minimum Gasteiger partial charge on any atom is -0.490 e. The summed E-state index contributed by atoms with van der Waals surface area (Å²) in [7, 11) is 5.67. The van der Waals surface area contributed by atoms with Gasteiger partial charge in [-0.3, -0.25) is 9.59 Å². The summed E-state index contributed by atoms with van der Waals surface area (Å²) in [5.41, 5.74) is 0.844. The molecule has 11 heteroatoms. The topological polar surface area (TPSA) is 124 Å². The highest BCUT2D eigenvalue weighted by Gasteiger charge is 2.31. The van der Waals surface area contributed by atoms with Gasteiger partial charge in [0.25, 0.3) is 5.91 Å². The number of benzene rings is 1. The first kappa shape index (κ1) is 36.3. The van der Waals surface area contributed by atoms with Gasteiger partial charge in [-0.1, -0.05) is 6.92 Å². The van der Waals surface area contributed by atoms with Gasteiger partial charge >= 0.3 is 6.03 Å². The summed E-state index contributed by atoms with van der Waals surface area (Å²) in [6, 6.07) is 4.51. The molecule has 43 heavy (non-hydrogen) atoms. The van der Waals surface area contributed by atoms with Gasteiger partial charge in [-0.2, -0.15) is 0 Å². The summed E-state index contributed by atoms with van der Waals surface area (Å²) in [6.45, 7) is 11.3. The van der Waals surface area contributed by atoms with E-state index in [0.717, 1.165) is 32.2 Å². The summed E-state index contributed by atoms with van der Waals surface area (Å²) in [5.74, 6) is -0.135. The molecule has 0 unspecified atom stereocenters. The lowest BCUT2D eigenvalue weighted by molar-refractivity contribution is -0.116. The fourth-order valence-corrected chi connectivity index (χ4v) is 4.95. The van der Waals surface area contributed by atoms with E-state index >= 15 is 0 Å². The fraction of sp³-hybridized carbons (Fsp3) is 0.719. The Morgan fingerprint density at radius 1 is 1.14 bits per heavy atom. The number of urea groups is 1. The molecule has 1 aliphatic rings. The maximum atomic E-state index is 14.2. The first-order valence-corrected chi connectivity index (χ1v) is 15.6. The van der Waals surface area contributed by atoms with Crippen LogP contribution in [0.4, 0.5) is 10.5 Å². The number of hydrogen-bond donors (Lipinski definition) is 3. The van der Waals surface area contributed by atoms with Gasteiger partial charge in [0.05, 0.1) is 30.4 Å². The smallest absolute Gasteiger partial charge is 0.317 e. The van der Waals surface area contributed by atoms with E-state index in [0.29, 0.717) is 43.1 Å². The van der Waals surface area contributed by atoms with Crippen molar-refractivity contribution in [1.82, 2.24) is 20.0 Å². The number of aliphatic hydroxyl groups excluding tert-OH is 1. The van der Waals surface area contributed by atoms with Crippen molar-refractivity contribution in [3.63, 3.8) is 0 Å². The second-order valence-corrected chi connectivity index (χ2v) is 12.5. The van der Waals surface area contributed by atoms with Gasteiger partial charge in [-0.05, 0) is 92.2 Å². The lowest BCUT2D eigenvalue weighted by Gasteiger charge is -2.36. The lowest BCUT2D eigenvalue weighted by Crippen LogP contribution is -2.49. The maximum absolute atomic E-state index is 14.2. The number of aliphatic hydroxyl groups is 1. The van der Waals surface area contributed by atoms with Crippen LogP contribution >= 0.6 is 0 Å². The summed E-state index contributed by atoms with van der Waals surface area (Å²) in [5, 5.41) is 16.0. The normalized spacial score (nSPS) is 21.0. The van der Waals surface area contributed by atoms with E-state index < -0.39 is 6.04 Å². The van der Waals surface area contributed by atoms with Gasteiger partial charge < -0.3 is 39.9 Å². The first-order chi connectivity index (χ1) is 20.3. The monoisotopic (exact) mass is 605 g/mol. The molecule has 4 amide bonds. The van der Waals surface area contributed by atoms with Crippen LogP contribution in [0.1, 0.15) is 77.1 Å². The molecule has 0 radical (unpaired) electrons. The molecule has 3 N–H and O–H groups in total. The van der Waals surface area contributed by atoms with Crippen molar-refractivity contribution in [2.24, 2.45) is 5.92 Å². The molecule has 4 atom stereocenters. The van der Waals surface area contributed by atoms with Crippen LogP contribution in [-0.2, 0) is 9.53 Å². The summed E-state index contributed by atoms with van der Waals surface area (Å²) < 4.78 is 12.6. The molecule has 1 aliphatic heterocycles. The molecule has 1 heterocycles. The van der Waals surface area contributed by atoms with E-state index in [-0.39, 0.29) is 48.6 Å². The second-order valence-electron chi connectivity index (χ2n) is 12.5. The zero-order valence-corrected chi connectivity index (χ0v) is 27.5. The molecule has 0 aliphatic carbocycles. The van der Waals surface area contributed by atoms with Crippen LogP contribution in [0.25, 0.3) is 0 Å². The highest BCUT2D eigenvalue weighted by atomic mass is 16.5. The molecule has 0 saturated carbocycles. The molecule has 11 nitrogen and oxygen atoms in total. The zero-order valence-electron chi connectivity index (χ0n) is 27.5. The third-order valence-corrected chi connectivity index (χ3v) is 7.56. The number of hydrogen-bond acceptors (Lipinski definition) is 7. The molecule has 0 bridgehead atoms. The van der Waals surface area contributed by atoms with E-state index in [1.54, 1.807) is 42.0 Å². The van der Waals surface area contributed by atoms with Crippen molar-refractivity contribution in [2.45, 2.75) is 91.0 Å². The third kappa shape index (κ3) is 12.3. The van der Waals surface area contributed by atoms with Crippen LogP contribution in [0, 0.1) is 5.92 Å². The van der Waals surface area contributed by atoms with Crippen molar-refractivity contribution in [1.29, 1.82) is 0 Å². The minimum absolute atomic E-state index is 0.00722. The van der Waals surface area contributed by atoms with Crippen molar-refractivity contribution in [3.8, 4) is 5.75 Å². The highest BCUT2D eigenvalue weighted by Crippen LogP contribution is 2.28. The Hall–Kier alpha value is -2.89. The van der Waals surface area contributed by atoms with Crippen molar-refractivity contribution in [3.05, 3.63) is 23.8 Å². The second kappa shape index (κ2) is 18.0. The van der Waals surface area contributed by atoms with Crippen LogP contribution in [0.15, 0.2) is 18.2 Å². The lowest BCUT2D eigenvalue weighted by atomic mass is 10.0. The van der Waals surface area contributed by atoms with E-state index in [4.69, 9.17) is 9.47 Å². The van der Waals surface area contributed by atoms with E-state index in [2.05, 4.69) is 10.6 Å². The number of rotatable bonds is 10. The molecule has 1 aromatic carbocycles. The van der Waals surface area contributed by atoms with Crippen LogP contribution in [0.5, 0.6) is 5.75 Å². The Kier molecular flexibility index (Phi) is 15.2. The van der Waals surface area contributed by atoms with Gasteiger partial charge in [0.1, 0.15) is 5.75 Å². The largest absolute Gasteiger partial charge is 0.490 e. The highest BCUT2D eigenvalue weighted by molar-refractivity contribution is 5.99. The Labute approximate surface area is 258 Å². The molecule has 2 rings (SSSR count). The Bertz CT molecular complexity index is 1040. The standard InChI is InChI=1S/C32H55N5O6/c1-22(2)33-32(41)36(8)20-29-23(3)19-37(24(4)21-38)31(40)27-18-26(34-30(39)13-11-16-35(6)7)14-15-28(27)43-25(5)12-9-10-17-42-29/h14-15,18,22-25,29,38H,9-13,16-17,19-21H2,1-8H3,(H,33,41)(H,34,39)/t23-,24+,25-,29+/m0/s1. The average molecular weight is 606 g/mol. The molecule has 244 valence electrons. The number of nitrogens with one attached hydrogen (secondary N) is 2. The Morgan fingerprint density at radius 2 is 1.86 bits per heavy atom. The van der Waals surface area contributed by atoms with E-state index in [9.17, 15) is 19.5 Å². The minimum atomic E-state index is -0.486. The molecule has 0 saturated heterocycles. The molecule has 0 fully saturated rings. The van der Waals surface area contributed by atoms with Crippen LogP contribution in [0.3, 0.4) is 0 Å². The van der Waals surface area contributed by atoms with Crippen molar-refractivity contribution < 1.29 is 29.0 Å². The summed E-state index contributed by atoms with van der Waals surface area (Å²) in [6.07, 6.45) is 3.10. The molecule has 0 spiro atoms. The number of anilines is 1. The zero-order chi connectivity index (χ0) is 32.1. The first-order valence-electron chi connectivity index (χ1n) is 15.6. The number of amides is 4. The number of nitrogens with zero attached hydrogens (tertiary/aromatic N) is 3. The van der Waals surface area contributed by atoms with Crippen LogP contribution < -0.4 is 15.4 Å². The van der Waals surface area contributed by atoms with Crippen LogP contribution in [0.2, 0.25) is 0 Å². The predicted molar refractivity (Wildman–Crippen MR) is 170 cm³/mol. The Morgan fingerprint density at radius 3 is 2.51 bits per heavy atom. The quantitative estimate of drug-likeness (QED) is 0.371. The molecular weight excluding hydrogens is 550 g/mol. The summed E-state index contributed by atoms with van der Waals surface area (Å²) in [4.78, 5) is 44.8.